The highest BCUT2D eigenvalue weighted by Crippen LogP contribution is 2.33. The van der Waals surface area contributed by atoms with Gasteiger partial charge in [-0.25, -0.2) is 9.48 Å². The number of nitrogens with one attached hydrogen (secondary N) is 1. The van der Waals surface area contributed by atoms with Crippen molar-refractivity contribution >= 4 is 6.03 Å². The number of ether oxygens (including phenoxy) is 3. The first-order valence-electron chi connectivity index (χ1n) is 11.6. The Labute approximate surface area is 201 Å². The fraction of sp³-hybridized carbons (Fsp3) is 0.385. The molecule has 2 aromatic carbocycles. The normalized spacial score (nSPS) is 10.7. The molecule has 1 aromatic heterocycles. The van der Waals surface area contributed by atoms with Gasteiger partial charge >= 0.3 is 6.03 Å². The Balaban J connectivity index is 2.06. The summed E-state index contributed by atoms with van der Waals surface area (Å²) in [6.07, 6.45) is 1.55. The summed E-state index contributed by atoms with van der Waals surface area (Å²) in [4.78, 5) is 14.7. The molecule has 1 heterocycles. The minimum atomic E-state index is -0.138. The smallest absolute Gasteiger partial charge is 0.317 e. The summed E-state index contributed by atoms with van der Waals surface area (Å²) in [6.45, 7) is 5.91. The summed E-state index contributed by atoms with van der Waals surface area (Å²) in [7, 11) is 3.25. The molecule has 0 fully saturated rings. The first kappa shape index (κ1) is 25.1. The molecule has 0 aliphatic carbocycles. The molecule has 8 heteroatoms. The first-order valence-corrected chi connectivity index (χ1v) is 11.6. The molecular formula is C26H34N4O4. The van der Waals surface area contributed by atoms with E-state index in [1.165, 1.54) is 0 Å². The lowest BCUT2D eigenvalue weighted by Gasteiger charge is -2.23. The fourth-order valence-electron chi connectivity index (χ4n) is 3.53. The van der Waals surface area contributed by atoms with Gasteiger partial charge in [-0.3, -0.25) is 0 Å². The van der Waals surface area contributed by atoms with Crippen molar-refractivity contribution < 1.29 is 19.0 Å². The van der Waals surface area contributed by atoms with Crippen molar-refractivity contribution in [3.8, 4) is 23.1 Å². The van der Waals surface area contributed by atoms with E-state index in [0.29, 0.717) is 50.0 Å². The molecule has 0 saturated heterocycles. The zero-order chi connectivity index (χ0) is 24.3. The number of aryl methyl sites for hydroxylation is 1. The van der Waals surface area contributed by atoms with Crippen LogP contribution < -0.4 is 14.8 Å². The topological polar surface area (TPSA) is 77.9 Å². The van der Waals surface area contributed by atoms with Crippen molar-refractivity contribution in [1.82, 2.24) is 20.0 Å². The molecule has 8 nitrogen and oxygen atoms in total. The van der Waals surface area contributed by atoms with E-state index in [0.717, 1.165) is 23.4 Å². The summed E-state index contributed by atoms with van der Waals surface area (Å²) in [5.74, 6) is 1.89. The lowest BCUT2D eigenvalue weighted by Crippen LogP contribution is -2.41. The van der Waals surface area contributed by atoms with Gasteiger partial charge in [0, 0.05) is 26.3 Å². The van der Waals surface area contributed by atoms with Crippen LogP contribution in [0.25, 0.3) is 5.69 Å². The highest BCUT2D eigenvalue weighted by Gasteiger charge is 2.24. The number of carbonyl (C=O) groups excluding carboxylic acids is 1. The van der Waals surface area contributed by atoms with Gasteiger partial charge in [-0.15, -0.1) is 0 Å². The number of rotatable bonds is 12. The van der Waals surface area contributed by atoms with Crippen LogP contribution in [-0.2, 0) is 17.7 Å². The minimum absolute atomic E-state index is 0.138. The third-order valence-corrected chi connectivity index (χ3v) is 5.34. The number of hydrogen-bond acceptors (Lipinski definition) is 5. The van der Waals surface area contributed by atoms with Crippen molar-refractivity contribution in [3.05, 3.63) is 65.9 Å². The van der Waals surface area contributed by atoms with Gasteiger partial charge in [-0.2, -0.15) is 5.10 Å². The van der Waals surface area contributed by atoms with Crippen LogP contribution in [0.5, 0.6) is 17.4 Å². The van der Waals surface area contributed by atoms with Gasteiger partial charge in [0.25, 0.3) is 0 Å². The van der Waals surface area contributed by atoms with E-state index in [2.05, 4.69) is 5.32 Å². The molecule has 0 spiro atoms. The number of methoxy groups -OCH3 is 2. The van der Waals surface area contributed by atoms with Crippen LogP contribution in [0.3, 0.4) is 0 Å². The van der Waals surface area contributed by atoms with Crippen LogP contribution in [0.4, 0.5) is 4.79 Å². The molecule has 0 bridgehead atoms. The second-order valence-electron chi connectivity index (χ2n) is 7.76. The van der Waals surface area contributed by atoms with E-state index in [1.807, 2.05) is 68.4 Å². The van der Waals surface area contributed by atoms with Gasteiger partial charge < -0.3 is 24.4 Å². The fourth-order valence-corrected chi connectivity index (χ4v) is 3.53. The average Bonchev–Trinajstić information content (AvgIpc) is 3.22. The lowest BCUT2D eigenvalue weighted by atomic mass is 10.2. The number of nitrogens with zero attached hydrogens (tertiary/aromatic N) is 3. The maximum absolute atomic E-state index is 12.9. The van der Waals surface area contributed by atoms with Crippen LogP contribution >= 0.6 is 0 Å². The van der Waals surface area contributed by atoms with Gasteiger partial charge in [0.1, 0.15) is 11.5 Å². The van der Waals surface area contributed by atoms with Crippen molar-refractivity contribution in [1.29, 1.82) is 0 Å². The maximum atomic E-state index is 12.9. The molecule has 34 heavy (non-hydrogen) atoms. The Hall–Kier alpha value is -3.52. The lowest BCUT2D eigenvalue weighted by molar-refractivity contribution is 0.146. The quantitative estimate of drug-likeness (QED) is 0.415. The molecule has 0 atom stereocenters. The summed E-state index contributed by atoms with van der Waals surface area (Å²) >= 11 is 0. The molecule has 0 aliphatic rings. The van der Waals surface area contributed by atoms with E-state index in [1.54, 1.807) is 23.8 Å². The van der Waals surface area contributed by atoms with Crippen molar-refractivity contribution in [2.45, 2.75) is 33.2 Å². The van der Waals surface area contributed by atoms with Gasteiger partial charge in [-0.05, 0) is 37.1 Å². The SMILES string of the molecule is CCCNC(=O)N(CCOC)Cc1c(CC)nn(-c2ccccc2)c1Oc1cccc(OC)c1. The number of hydrogen-bond donors (Lipinski definition) is 1. The predicted molar refractivity (Wildman–Crippen MR) is 132 cm³/mol. The van der Waals surface area contributed by atoms with E-state index < -0.39 is 0 Å². The highest BCUT2D eigenvalue weighted by molar-refractivity contribution is 5.74. The first-order chi connectivity index (χ1) is 16.6. The molecule has 3 rings (SSSR count). The van der Waals surface area contributed by atoms with Crippen molar-refractivity contribution in [2.75, 3.05) is 33.9 Å². The largest absolute Gasteiger partial charge is 0.497 e. The van der Waals surface area contributed by atoms with Crippen LogP contribution in [-0.4, -0.2) is 54.6 Å². The molecule has 3 aromatic rings. The second kappa shape index (κ2) is 12.6. The molecule has 0 saturated carbocycles. The van der Waals surface area contributed by atoms with Crippen molar-refractivity contribution in [3.63, 3.8) is 0 Å². The van der Waals surface area contributed by atoms with E-state index >= 15 is 0 Å². The second-order valence-corrected chi connectivity index (χ2v) is 7.76. The monoisotopic (exact) mass is 466 g/mol. The maximum Gasteiger partial charge on any atom is 0.317 e. The van der Waals surface area contributed by atoms with Crippen LogP contribution in [0.1, 0.15) is 31.5 Å². The molecule has 182 valence electrons. The Morgan fingerprint density at radius 3 is 2.50 bits per heavy atom. The highest BCUT2D eigenvalue weighted by atomic mass is 16.5. The van der Waals surface area contributed by atoms with Crippen LogP contribution in [0.15, 0.2) is 54.6 Å². The molecule has 0 aliphatic heterocycles. The number of urea groups is 1. The zero-order valence-electron chi connectivity index (χ0n) is 20.4. The van der Waals surface area contributed by atoms with Crippen LogP contribution in [0.2, 0.25) is 0 Å². The molecule has 1 N–H and O–H groups in total. The van der Waals surface area contributed by atoms with E-state index in [4.69, 9.17) is 19.3 Å². The molecule has 2 amide bonds. The van der Waals surface area contributed by atoms with E-state index in [9.17, 15) is 4.79 Å². The van der Waals surface area contributed by atoms with Gasteiger partial charge in [0.15, 0.2) is 0 Å². The summed E-state index contributed by atoms with van der Waals surface area (Å²) in [5.41, 5.74) is 2.60. The number of carbonyl (C=O) groups is 1. The van der Waals surface area contributed by atoms with Crippen LogP contribution in [0, 0.1) is 0 Å². The Morgan fingerprint density at radius 1 is 1.06 bits per heavy atom. The summed E-state index contributed by atoms with van der Waals surface area (Å²) in [6, 6.07) is 17.1. The standard InChI is InChI=1S/C26H34N4O4/c1-5-15-27-26(31)29(16-17-32-3)19-23-24(6-2)28-30(20-11-8-7-9-12-20)25(23)34-22-14-10-13-21(18-22)33-4/h7-14,18H,5-6,15-17,19H2,1-4H3,(H,27,31). The molecular weight excluding hydrogens is 432 g/mol. The predicted octanol–water partition coefficient (Wildman–Crippen LogP) is 4.80. The third kappa shape index (κ3) is 6.29. The number of benzene rings is 2. The Kier molecular flexibility index (Phi) is 9.34. The Bertz CT molecular complexity index is 1050. The number of amides is 2. The molecule has 0 unspecified atom stereocenters. The minimum Gasteiger partial charge on any atom is -0.497 e. The van der Waals surface area contributed by atoms with E-state index in [-0.39, 0.29) is 6.03 Å². The van der Waals surface area contributed by atoms with Crippen molar-refractivity contribution in [2.24, 2.45) is 0 Å². The third-order valence-electron chi connectivity index (χ3n) is 5.34. The van der Waals surface area contributed by atoms with Gasteiger partial charge in [-0.1, -0.05) is 38.1 Å². The molecule has 0 radical (unpaired) electrons. The number of aromatic nitrogens is 2. The Morgan fingerprint density at radius 2 is 1.82 bits per heavy atom. The zero-order valence-corrected chi connectivity index (χ0v) is 20.4. The summed E-state index contributed by atoms with van der Waals surface area (Å²) in [5, 5.41) is 7.83. The summed E-state index contributed by atoms with van der Waals surface area (Å²) < 4.78 is 18.8. The van der Waals surface area contributed by atoms with Gasteiger partial charge in [0.05, 0.1) is 37.2 Å². The van der Waals surface area contributed by atoms with Gasteiger partial charge in [0.2, 0.25) is 5.88 Å². The number of para-hydroxylation sites is 1. The average molecular weight is 467 g/mol.